The Balaban J connectivity index is 1.73. The summed E-state index contributed by atoms with van der Waals surface area (Å²) in [6.07, 6.45) is 2.07. The zero-order chi connectivity index (χ0) is 15.1. The van der Waals surface area contributed by atoms with Crippen LogP contribution in [0.2, 0.25) is 0 Å². The summed E-state index contributed by atoms with van der Waals surface area (Å²) >= 11 is 1.75. The number of nitrogens with zero attached hydrogens (tertiary/aromatic N) is 1. The third-order valence-electron chi connectivity index (χ3n) is 3.62. The first-order valence-corrected chi connectivity index (χ1v) is 8.37. The highest BCUT2D eigenvalue weighted by Crippen LogP contribution is 2.20. The van der Waals surface area contributed by atoms with E-state index < -0.39 is 0 Å². The van der Waals surface area contributed by atoms with Crippen LogP contribution in [0.4, 0.5) is 0 Å². The lowest BCUT2D eigenvalue weighted by Crippen LogP contribution is -2.41. The van der Waals surface area contributed by atoms with Gasteiger partial charge in [0.25, 0.3) is 0 Å². The van der Waals surface area contributed by atoms with E-state index in [9.17, 15) is 9.59 Å². The fourth-order valence-electron chi connectivity index (χ4n) is 2.51. The van der Waals surface area contributed by atoms with Crippen molar-refractivity contribution in [2.75, 3.05) is 19.4 Å². The summed E-state index contributed by atoms with van der Waals surface area (Å²) in [6.45, 7) is 0.669. The van der Waals surface area contributed by atoms with Crippen molar-refractivity contribution in [1.82, 2.24) is 4.90 Å². The van der Waals surface area contributed by atoms with Gasteiger partial charge in [-0.1, -0.05) is 30.3 Å². The Bertz CT molecular complexity index is 478. The van der Waals surface area contributed by atoms with Crippen molar-refractivity contribution in [3.8, 4) is 0 Å². The van der Waals surface area contributed by atoms with E-state index in [1.807, 2.05) is 18.2 Å². The van der Waals surface area contributed by atoms with Crippen LogP contribution in [0.1, 0.15) is 24.8 Å². The summed E-state index contributed by atoms with van der Waals surface area (Å²) in [7, 11) is 1.37. The molecule has 0 bridgehead atoms. The van der Waals surface area contributed by atoms with Crippen molar-refractivity contribution < 1.29 is 14.3 Å². The molecule has 0 radical (unpaired) electrons. The van der Waals surface area contributed by atoms with E-state index in [2.05, 4.69) is 12.1 Å². The molecule has 1 amide bonds. The van der Waals surface area contributed by atoms with Crippen molar-refractivity contribution >= 4 is 23.6 Å². The Labute approximate surface area is 129 Å². The minimum Gasteiger partial charge on any atom is -0.467 e. The molecule has 1 aromatic carbocycles. The second-order valence-electron chi connectivity index (χ2n) is 5.06. The first-order valence-electron chi connectivity index (χ1n) is 7.21. The largest absolute Gasteiger partial charge is 0.467 e. The van der Waals surface area contributed by atoms with E-state index in [4.69, 9.17) is 4.74 Å². The number of methoxy groups -OCH3 is 1. The summed E-state index contributed by atoms with van der Waals surface area (Å²) in [4.78, 5) is 25.5. The summed E-state index contributed by atoms with van der Waals surface area (Å²) in [5.74, 6) is 1.45. The molecule has 1 aliphatic heterocycles. The lowest BCUT2D eigenvalue weighted by atomic mass is 10.2. The number of carbonyl (C=O) groups excluding carboxylic acids is 2. The number of likely N-dealkylation sites (tertiary alicyclic amines) is 1. The second-order valence-corrected chi connectivity index (χ2v) is 6.16. The Morgan fingerprint density at radius 2 is 2.10 bits per heavy atom. The highest BCUT2D eigenvalue weighted by molar-refractivity contribution is 7.98. The van der Waals surface area contributed by atoms with Crippen LogP contribution in [0, 0.1) is 0 Å². The number of esters is 1. The van der Waals surface area contributed by atoms with Crippen molar-refractivity contribution in [2.24, 2.45) is 0 Å². The molecule has 0 saturated carbocycles. The number of benzene rings is 1. The SMILES string of the molecule is COC(=O)[C@@H]1CCCN1C(=O)CCSCc1ccccc1. The zero-order valence-electron chi connectivity index (χ0n) is 12.3. The third-order valence-corrected chi connectivity index (χ3v) is 4.65. The summed E-state index contributed by atoms with van der Waals surface area (Å²) in [5, 5.41) is 0. The Kier molecular flexibility index (Phi) is 6.11. The molecule has 1 aromatic rings. The average Bonchev–Trinajstić information content (AvgIpc) is 3.01. The quantitative estimate of drug-likeness (QED) is 0.598. The van der Waals surface area contributed by atoms with Crippen LogP contribution < -0.4 is 0 Å². The smallest absolute Gasteiger partial charge is 0.328 e. The van der Waals surface area contributed by atoms with Gasteiger partial charge in [0, 0.05) is 24.5 Å². The maximum atomic E-state index is 12.2. The molecule has 1 heterocycles. The van der Waals surface area contributed by atoms with Gasteiger partial charge in [0.1, 0.15) is 6.04 Å². The highest BCUT2D eigenvalue weighted by atomic mass is 32.2. The molecule has 114 valence electrons. The first-order chi connectivity index (χ1) is 10.2. The van der Waals surface area contributed by atoms with Gasteiger partial charge in [0.15, 0.2) is 0 Å². The molecule has 1 fully saturated rings. The van der Waals surface area contributed by atoms with Gasteiger partial charge >= 0.3 is 5.97 Å². The van der Waals surface area contributed by atoms with Crippen molar-refractivity contribution in [3.05, 3.63) is 35.9 Å². The van der Waals surface area contributed by atoms with E-state index in [0.29, 0.717) is 13.0 Å². The molecule has 1 aliphatic rings. The normalized spacial score (nSPS) is 17.8. The van der Waals surface area contributed by atoms with E-state index in [0.717, 1.165) is 24.3 Å². The van der Waals surface area contributed by atoms with E-state index in [-0.39, 0.29) is 17.9 Å². The summed E-state index contributed by atoms with van der Waals surface area (Å²) in [6, 6.07) is 9.84. The Morgan fingerprint density at radius 3 is 2.81 bits per heavy atom. The van der Waals surface area contributed by atoms with Crippen LogP contribution in [0.5, 0.6) is 0 Å². The van der Waals surface area contributed by atoms with E-state index >= 15 is 0 Å². The molecule has 2 rings (SSSR count). The minimum atomic E-state index is -0.373. The standard InChI is InChI=1S/C16H21NO3S/c1-20-16(19)14-8-5-10-17(14)15(18)9-11-21-12-13-6-3-2-4-7-13/h2-4,6-7,14H,5,8-12H2,1H3/t14-/m0/s1. The van der Waals surface area contributed by atoms with Crippen LogP contribution >= 0.6 is 11.8 Å². The van der Waals surface area contributed by atoms with Crippen molar-refractivity contribution in [1.29, 1.82) is 0 Å². The van der Waals surface area contributed by atoms with Crippen LogP contribution in [0.15, 0.2) is 30.3 Å². The van der Waals surface area contributed by atoms with Gasteiger partial charge < -0.3 is 9.64 Å². The van der Waals surface area contributed by atoms with Gasteiger partial charge in [-0.2, -0.15) is 11.8 Å². The van der Waals surface area contributed by atoms with E-state index in [1.165, 1.54) is 12.7 Å². The Morgan fingerprint density at radius 1 is 1.33 bits per heavy atom. The second kappa shape index (κ2) is 8.08. The number of ether oxygens (including phenoxy) is 1. The molecule has 0 spiro atoms. The predicted octanol–water partition coefficient (Wildman–Crippen LogP) is 2.47. The summed E-state index contributed by atoms with van der Waals surface area (Å²) in [5.41, 5.74) is 1.27. The predicted molar refractivity (Wildman–Crippen MR) is 84.0 cm³/mol. The monoisotopic (exact) mass is 307 g/mol. The van der Waals surface area contributed by atoms with Gasteiger partial charge in [-0.05, 0) is 18.4 Å². The lowest BCUT2D eigenvalue weighted by molar-refractivity contribution is -0.150. The van der Waals surface area contributed by atoms with Gasteiger partial charge in [-0.25, -0.2) is 4.79 Å². The molecule has 1 saturated heterocycles. The van der Waals surface area contributed by atoms with Gasteiger partial charge in [0.05, 0.1) is 7.11 Å². The molecule has 1 atom stereocenters. The molecule has 5 heteroatoms. The number of hydrogen-bond acceptors (Lipinski definition) is 4. The van der Waals surface area contributed by atoms with Crippen LogP contribution in [-0.4, -0.2) is 42.2 Å². The van der Waals surface area contributed by atoms with Gasteiger partial charge in [-0.15, -0.1) is 0 Å². The maximum Gasteiger partial charge on any atom is 0.328 e. The third kappa shape index (κ3) is 4.49. The number of carbonyl (C=O) groups is 2. The maximum absolute atomic E-state index is 12.2. The number of hydrogen-bond donors (Lipinski definition) is 0. The minimum absolute atomic E-state index is 0.0588. The van der Waals surface area contributed by atoms with Crippen LogP contribution in [-0.2, 0) is 20.1 Å². The highest BCUT2D eigenvalue weighted by Gasteiger charge is 2.34. The number of rotatable bonds is 6. The molecule has 21 heavy (non-hydrogen) atoms. The lowest BCUT2D eigenvalue weighted by Gasteiger charge is -2.22. The Hall–Kier alpha value is -1.49. The number of amides is 1. The van der Waals surface area contributed by atoms with Gasteiger partial charge in [-0.3, -0.25) is 4.79 Å². The molecule has 0 aliphatic carbocycles. The molecule has 0 N–H and O–H groups in total. The van der Waals surface area contributed by atoms with Crippen LogP contribution in [0.25, 0.3) is 0 Å². The molecule has 0 aromatic heterocycles. The fourth-order valence-corrected chi connectivity index (χ4v) is 3.41. The molecular formula is C16H21NO3S. The van der Waals surface area contributed by atoms with Gasteiger partial charge in [0.2, 0.25) is 5.91 Å². The fraction of sp³-hybridized carbons (Fsp3) is 0.500. The average molecular weight is 307 g/mol. The van der Waals surface area contributed by atoms with Crippen LogP contribution in [0.3, 0.4) is 0 Å². The summed E-state index contributed by atoms with van der Waals surface area (Å²) < 4.78 is 4.76. The molecule has 0 unspecified atom stereocenters. The zero-order valence-corrected chi connectivity index (χ0v) is 13.1. The topological polar surface area (TPSA) is 46.6 Å². The van der Waals surface area contributed by atoms with Crippen molar-refractivity contribution in [2.45, 2.75) is 31.1 Å². The first kappa shape index (κ1) is 15.9. The molecule has 4 nitrogen and oxygen atoms in total. The molecular weight excluding hydrogens is 286 g/mol. The van der Waals surface area contributed by atoms with E-state index in [1.54, 1.807) is 16.7 Å². The number of thioether (sulfide) groups is 1. The van der Waals surface area contributed by atoms with Crippen molar-refractivity contribution in [3.63, 3.8) is 0 Å².